The lowest BCUT2D eigenvalue weighted by Crippen LogP contribution is -3.00. The number of esters is 1. The summed E-state index contributed by atoms with van der Waals surface area (Å²) in [6, 6.07) is 7.86. The molecule has 2 N–H and O–H groups in total. The fourth-order valence-electron chi connectivity index (χ4n) is 1.85. The van der Waals surface area contributed by atoms with Gasteiger partial charge in [0.25, 0.3) is 0 Å². The molecule has 0 aliphatic carbocycles. The Balaban J connectivity index is 0.00000144. The maximum Gasteiger partial charge on any atom is 0.337 e. The molecule has 1 aromatic rings. The molecule has 0 spiro atoms. The minimum absolute atomic E-state index is 0. The van der Waals surface area contributed by atoms with Crippen LogP contribution in [0.2, 0.25) is 0 Å². The van der Waals surface area contributed by atoms with E-state index in [1.54, 1.807) is 12.1 Å². The molecule has 5 heteroatoms. The molecule has 0 radical (unpaired) electrons. The van der Waals surface area contributed by atoms with E-state index in [1.807, 2.05) is 12.1 Å². The van der Waals surface area contributed by atoms with E-state index in [-0.39, 0.29) is 18.4 Å². The van der Waals surface area contributed by atoms with Crippen molar-refractivity contribution in [3.05, 3.63) is 35.4 Å². The van der Waals surface area contributed by atoms with Gasteiger partial charge in [0, 0.05) is 5.56 Å². The number of carbonyl (C=O) groups excluding carboxylic acids is 1. The average Bonchev–Trinajstić information content (AvgIpc) is 2.39. The van der Waals surface area contributed by atoms with Crippen LogP contribution in [0, 0.1) is 0 Å². The summed E-state index contributed by atoms with van der Waals surface area (Å²) < 4.78 is 10.1. The molecule has 1 fully saturated rings. The molecule has 1 saturated heterocycles. The van der Waals surface area contributed by atoms with Crippen LogP contribution in [0.5, 0.6) is 0 Å². The summed E-state index contributed by atoms with van der Waals surface area (Å²) in [5.74, 6) is -0.296. The largest absolute Gasteiger partial charge is 1.00 e. The van der Waals surface area contributed by atoms with Crippen LogP contribution in [-0.4, -0.2) is 32.8 Å². The van der Waals surface area contributed by atoms with E-state index in [0.29, 0.717) is 11.6 Å². The van der Waals surface area contributed by atoms with Crippen LogP contribution in [0.15, 0.2) is 24.3 Å². The zero-order valence-corrected chi connectivity index (χ0v) is 10.4. The molecule has 1 unspecified atom stereocenters. The summed E-state index contributed by atoms with van der Waals surface area (Å²) in [5, 5.41) is 2.26. The highest BCUT2D eigenvalue weighted by Gasteiger charge is 2.19. The normalized spacial score (nSPS) is 19.2. The van der Waals surface area contributed by atoms with Gasteiger partial charge in [0.1, 0.15) is 12.6 Å². The molecular formula is C12H16ClNO3. The van der Waals surface area contributed by atoms with Gasteiger partial charge in [0.05, 0.1) is 25.8 Å². The molecule has 0 amide bonds. The number of nitrogens with two attached hydrogens (primary N) is 1. The molecule has 1 atom stereocenters. The summed E-state index contributed by atoms with van der Waals surface area (Å²) in [5.41, 5.74) is 1.77. The van der Waals surface area contributed by atoms with Crippen molar-refractivity contribution in [3.8, 4) is 0 Å². The number of methoxy groups -OCH3 is 1. The van der Waals surface area contributed by atoms with E-state index in [2.05, 4.69) is 10.1 Å². The van der Waals surface area contributed by atoms with Crippen molar-refractivity contribution in [3.63, 3.8) is 0 Å². The van der Waals surface area contributed by atoms with Crippen molar-refractivity contribution in [2.45, 2.75) is 6.04 Å². The Hall–Kier alpha value is -1.10. The number of rotatable bonds is 2. The Labute approximate surface area is 107 Å². The van der Waals surface area contributed by atoms with Crippen molar-refractivity contribution in [2.75, 3.05) is 26.9 Å². The molecule has 94 valence electrons. The maximum absolute atomic E-state index is 11.2. The lowest BCUT2D eigenvalue weighted by Gasteiger charge is -2.20. The average molecular weight is 258 g/mol. The fraction of sp³-hybridized carbons (Fsp3) is 0.417. The molecule has 0 saturated carbocycles. The lowest BCUT2D eigenvalue weighted by molar-refractivity contribution is -0.711. The molecule has 0 bridgehead atoms. The van der Waals surface area contributed by atoms with Gasteiger partial charge in [-0.3, -0.25) is 0 Å². The SMILES string of the molecule is COC(=O)c1ccc(C2COCC[NH2+]2)cc1.[Cl-]. The van der Waals surface area contributed by atoms with Gasteiger partial charge in [-0.25, -0.2) is 4.79 Å². The van der Waals surface area contributed by atoms with Crippen LogP contribution in [0.4, 0.5) is 0 Å². The molecule has 2 rings (SSSR count). The smallest absolute Gasteiger partial charge is 0.337 e. The van der Waals surface area contributed by atoms with Crippen molar-refractivity contribution < 1.29 is 32.0 Å². The van der Waals surface area contributed by atoms with Crippen LogP contribution in [0.1, 0.15) is 22.0 Å². The predicted octanol–water partition coefficient (Wildman–Crippen LogP) is -2.89. The van der Waals surface area contributed by atoms with E-state index >= 15 is 0 Å². The van der Waals surface area contributed by atoms with Crippen LogP contribution in [0.3, 0.4) is 0 Å². The number of ether oxygens (including phenoxy) is 2. The topological polar surface area (TPSA) is 52.1 Å². The summed E-state index contributed by atoms with van der Waals surface area (Å²) in [6.45, 7) is 2.54. The Morgan fingerprint density at radius 3 is 2.65 bits per heavy atom. The third-order valence-electron chi connectivity index (χ3n) is 2.77. The second kappa shape index (κ2) is 6.59. The van der Waals surface area contributed by atoms with Gasteiger partial charge in [0.2, 0.25) is 0 Å². The minimum atomic E-state index is -0.296. The maximum atomic E-state index is 11.2. The number of hydrogen-bond acceptors (Lipinski definition) is 3. The number of quaternary nitrogens is 1. The number of halogens is 1. The molecule has 4 nitrogen and oxygen atoms in total. The highest BCUT2D eigenvalue weighted by Crippen LogP contribution is 2.12. The molecule has 1 aliphatic heterocycles. The highest BCUT2D eigenvalue weighted by atomic mass is 35.5. The van der Waals surface area contributed by atoms with Gasteiger partial charge in [-0.1, -0.05) is 12.1 Å². The van der Waals surface area contributed by atoms with Crippen LogP contribution < -0.4 is 17.7 Å². The molecule has 17 heavy (non-hydrogen) atoms. The molecule has 1 aromatic carbocycles. The van der Waals surface area contributed by atoms with Gasteiger partial charge in [-0.05, 0) is 12.1 Å². The number of hydrogen-bond donors (Lipinski definition) is 1. The minimum Gasteiger partial charge on any atom is -1.00 e. The predicted molar refractivity (Wildman–Crippen MR) is 58.1 cm³/mol. The van der Waals surface area contributed by atoms with E-state index in [9.17, 15) is 4.79 Å². The Kier molecular flexibility index (Phi) is 5.41. The van der Waals surface area contributed by atoms with E-state index in [4.69, 9.17) is 4.74 Å². The molecule has 1 heterocycles. The zero-order chi connectivity index (χ0) is 11.4. The quantitative estimate of drug-likeness (QED) is 0.579. The second-order valence-corrected chi connectivity index (χ2v) is 3.82. The first kappa shape index (κ1) is 14.0. The summed E-state index contributed by atoms with van der Waals surface area (Å²) in [6.07, 6.45) is 0. The second-order valence-electron chi connectivity index (χ2n) is 3.82. The monoisotopic (exact) mass is 257 g/mol. The van der Waals surface area contributed by atoms with Crippen molar-refractivity contribution >= 4 is 5.97 Å². The number of benzene rings is 1. The summed E-state index contributed by atoms with van der Waals surface area (Å²) >= 11 is 0. The Morgan fingerprint density at radius 1 is 1.41 bits per heavy atom. The standard InChI is InChI=1S/C12H15NO3.ClH/c1-15-12(14)10-4-2-9(3-5-10)11-8-16-7-6-13-11;/h2-5,11,13H,6-8H2,1H3;1H. The number of morpholine rings is 1. The van der Waals surface area contributed by atoms with Gasteiger partial charge < -0.3 is 27.2 Å². The first-order chi connectivity index (χ1) is 7.81. The Morgan fingerprint density at radius 2 is 2.12 bits per heavy atom. The fourth-order valence-corrected chi connectivity index (χ4v) is 1.85. The first-order valence-corrected chi connectivity index (χ1v) is 5.40. The highest BCUT2D eigenvalue weighted by molar-refractivity contribution is 5.89. The lowest BCUT2D eigenvalue weighted by atomic mass is 10.0. The van der Waals surface area contributed by atoms with Crippen LogP contribution in [0.25, 0.3) is 0 Å². The van der Waals surface area contributed by atoms with Crippen molar-refractivity contribution in [1.82, 2.24) is 0 Å². The molecule has 0 aromatic heterocycles. The molecule has 1 aliphatic rings. The van der Waals surface area contributed by atoms with E-state index in [1.165, 1.54) is 12.7 Å². The van der Waals surface area contributed by atoms with Gasteiger partial charge in [-0.15, -0.1) is 0 Å². The van der Waals surface area contributed by atoms with Gasteiger partial charge in [-0.2, -0.15) is 0 Å². The van der Waals surface area contributed by atoms with E-state index in [0.717, 1.165) is 19.8 Å². The number of carbonyl (C=O) groups is 1. The van der Waals surface area contributed by atoms with Gasteiger partial charge >= 0.3 is 5.97 Å². The Bertz CT molecular complexity index is 361. The molecular weight excluding hydrogens is 242 g/mol. The van der Waals surface area contributed by atoms with Gasteiger partial charge in [0.15, 0.2) is 0 Å². The third-order valence-corrected chi connectivity index (χ3v) is 2.77. The summed E-state index contributed by atoms with van der Waals surface area (Å²) in [7, 11) is 1.39. The van der Waals surface area contributed by atoms with Crippen LogP contribution >= 0.6 is 0 Å². The van der Waals surface area contributed by atoms with E-state index < -0.39 is 0 Å². The third kappa shape index (κ3) is 3.43. The summed E-state index contributed by atoms with van der Waals surface area (Å²) in [4.78, 5) is 11.2. The first-order valence-electron chi connectivity index (χ1n) is 5.40. The van der Waals surface area contributed by atoms with Crippen molar-refractivity contribution in [1.29, 1.82) is 0 Å². The van der Waals surface area contributed by atoms with Crippen LogP contribution in [-0.2, 0) is 9.47 Å². The zero-order valence-electron chi connectivity index (χ0n) is 9.69. The van der Waals surface area contributed by atoms with Crippen molar-refractivity contribution in [2.24, 2.45) is 0 Å².